The minimum absolute atomic E-state index is 0.0672. The molecule has 0 bridgehead atoms. The third-order valence-corrected chi connectivity index (χ3v) is 9.47. The van der Waals surface area contributed by atoms with Gasteiger partial charge < -0.3 is 9.30 Å². The van der Waals surface area contributed by atoms with Gasteiger partial charge in [-0.2, -0.15) is 5.10 Å². The summed E-state index contributed by atoms with van der Waals surface area (Å²) in [5.74, 6) is -0.0234. The van der Waals surface area contributed by atoms with Crippen LogP contribution in [0, 0.1) is 13.8 Å². The first-order chi connectivity index (χ1) is 20.0. The van der Waals surface area contributed by atoms with E-state index in [1.165, 1.54) is 30.1 Å². The maximum absolute atomic E-state index is 13.7. The van der Waals surface area contributed by atoms with E-state index in [0.717, 1.165) is 31.8 Å². The van der Waals surface area contributed by atoms with Gasteiger partial charge in [0.15, 0.2) is 0 Å². The average Bonchev–Trinajstić information content (AvgIpc) is 3.25. The molecule has 0 radical (unpaired) electrons. The molecule has 0 spiro atoms. The number of anilines is 1. The van der Waals surface area contributed by atoms with Gasteiger partial charge in [0.1, 0.15) is 12.3 Å². The molecule has 8 nitrogen and oxygen atoms in total. The highest BCUT2D eigenvalue weighted by Gasteiger charge is 2.27. The zero-order valence-corrected chi connectivity index (χ0v) is 26.6. The predicted molar refractivity (Wildman–Crippen MR) is 171 cm³/mol. The smallest absolute Gasteiger partial charge is 0.264 e. The number of ether oxygens (including phenoxy) is 1. The fraction of sp³-hybridized carbons (Fsp3) is 0.200. The number of carbonyl (C=O) groups excluding carboxylic acids is 1. The number of aromatic nitrogens is 1. The number of hydrogen-bond donors (Lipinski definition) is 1. The molecule has 0 aliphatic rings. The molecule has 0 atom stereocenters. The van der Waals surface area contributed by atoms with Gasteiger partial charge in [0, 0.05) is 26.9 Å². The maximum Gasteiger partial charge on any atom is 0.264 e. The number of hydrogen-bond acceptors (Lipinski definition) is 6. The minimum atomic E-state index is -4.08. The molecule has 0 unspecified atom stereocenters. The van der Waals surface area contributed by atoms with Crippen LogP contribution in [0.15, 0.2) is 87.7 Å². The quantitative estimate of drug-likeness (QED) is 0.109. The largest absolute Gasteiger partial charge is 0.494 e. The van der Waals surface area contributed by atoms with Crippen molar-refractivity contribution in [1.82, 2.24) is 9.99 Å². The fourth-order valence-corrected chi connectivity index (χ4v) is 6.55. The second-order valence-corrected chi connectivity index (χ2v) is 12.8. The lowest BCUT2D eigenvalue weighted by atomic mass is 10.2. The van der Waals surface area contributed by atoms with Crippen LogP contribution < -0.4 is 14.5 Å². The van der Waals surface area contributed by atoms with Crippen molar-refractivity contribution < 1.29 is 17.9 Å². The number of rotatable bonds is 11. The van der Waals surface area contributed by atoms with Gasteiger partial charge in [-0.05, 0) is 99.8 Å². The standard InChI is InChI=1S/C30H30Cl2N4O4S2/c1-5-40-25-9-7-24(8-10-25)35(42(38,39)27-13-11-26(41-4)12-14-27)19-30(37)34-33-18-22-16-20(2)36(21(22)3)29-17-23(31)6-15-28(29)32/h6-18H,5,19H2,1-4H3,(H,34,37)/b33-18-. The highest BCUT2D eigenvalue weighted by atomic mass is 35.5. The molecule has 12 heteroatoms. The third kappa shape index (κ3) is 7.12. The molecule has 0 fully saturated rings. The van der Waals surface area contributed by atoms with Gasteiger partial charge in [-0.15, -0.1) is 11.8 Å². The summed E-state index contributed by atoms with van der Waals surface area (Å²) < 4.78 is 35.9. The number of hydrazone groups is 1. The first-order valence-electron chi connectivity index (χ1n) is 12.9. The summed E-state index contributed by atoms with van der Waals surface area (Å²) in [5.41, 5.74) is 5.97. The number of carbonyl (C=O) groups is 1. The Labute approximate surface area is 260 Å². The van der Waals surface area contributed by atoms with Crippen LogP contribution >= 0.6 is 35.0 Å². The molecule has 1 N–H and O–H groups in total. The lowest BCUT2D eigenvalue weighted by Gasteiger charge is -2.24. The topological polar surface area (TPSA) is 93.0 Å². The van der Waals surface area contributed by atoms with Crippen molar-refractivity contribution in [2.75, 3.05) is 23.7 Å². The number of sulfonamides is 1. The van der Waals surface area contributed by atoms with Crippen LogP contribution in [0.2, 0.25) is 10.0 Å². The van der Waals surface area contributed by atoms with Crippen molar-refractivity contribution in [2.45, 2.75) is 30.6 Å². The zero-order valence-electron chi connectivity index (χ0n) is 23.5. The summed E-state index contributed by atoms with van der Waals surface area (Å²) in [5, 5.41) is 5.20. The van der Waals surface area contributed by atoms with E-state index >= 15 is 0 Å². The van der Waals surface area contributed by atoms with E-state index in [0.29, 0.717) is 28.1 Å². The number of halogens is 2. The maximum atomic E-state index is 13.7. The van der Waals surface area contributed by atoms with Gasteiger partial charge in [0.2, 0.25) is 0 Å². The Balaban J connectivity index is 1.57. The van der Waals surface area contributed by atoms with Crippen LogP contribution in [0.5, 0.6) is 5.75 Å². The molecular weight excluding hydrogens is 615 g/mol. The van der Waals surface area contributed by atoms with Gasteiger partial charge >= 0.3 is 0 Å². The van der Waals surface area contributed by atoms with E-state index in [2.05, 4.69) is 10.5 Å². The summed E-state index contributed by atoms with van der Waals surface area (Å²) in [7, 11) is -4.08. The Hall–Kier alpha value is -3.44. The van der Waals surface area contributed by atoms with E-state index in [1.807, 2.05) is 37.7 Å². The summed E-state index contributed by atoms with van der Waals surface area (Å²) in [4.78, 5) is 14.0. The zero-order chi connectivity index (χ0) is 30.4. The van der Waals surface area contributed by atoms with E-state index in [4.69, 9.17) is 27.9 Å². The number of aryl methyl sites for hydroxylation is 1. The molecule has 1 amide bonds. The van der Waals surface area contributed by atoms with Crippen LogP contribution in [0.25, 0.3) is 5.69 Å². The van der Waals surface area contributed by atoms with Gasteiger partial charge in [-0.1, -0.05) is 23.2 Å². The lowest BCUT2D eigenvalue weighted by Crippen LogP contribution is -2.39. The second kappa shape index (κ2) is 13.7. The molecule has 1 aromatic heterocycles. The van der Waals surface area contributed by atoms with Gasteiger partial charge in [0.05, 0.1) is 34.1 Å². The molecule has 4 rings (SSSR count). The average molecular weight is 646 g/mol. The van der Waals surface area contributed by atoms with Gasteiger partial charge in [-0.25, -0.2) is 13.8 Å². The van der Waals surface area contributed by atoms with Gasteiger partial charge in [0.25, 0.3) is 15.9 Å². The molecule has 1 heterocycles. The van der Waals surface area contributed by atoms with Crippen LogP contribution in [0.4, 0.5) is 5.69 Å². The summed E-state index contributed by atoms with van der Waals surface area (Å²) in [6.07, 6.45) is 3.41. The Morgan fingerprint density at radius 2 is 1.74 bits per heavy atom. The molecule has 0 aliphatic carbocycles. The van der Waals surface area contributed by atoms with Crippen molar-refractivity contribution >= 4 is 62.8 Å². The van der Waals surface area contributed by atoms with Crippen molar-refractivity contribution in [3.63, 3.8) is 0 Å². The van der Waals surface area contributed by atoms with Crippen LogP contribution in [-0.4, -0.2) is 44.5 Å². The summed E-state index contributed by atoms with van der Waals surface area (Å²) >= 11 is 14.1. The van der Waals surface area contributed by atoms with E-state index in [-0.39, 0.29) is 4.90 Å². The number of benzene rings is 3. The Morgan fingerprint density at radius 1 is 1.05 bits per heavy atom. The third-order valence-electron chi connectivity index (χ3n) is 6.38. The fourth-order valence-electron chi connectivity index (χ4n) is 4.35. The molecule has 4 aromatic rings. The second-order valence-electron chi connectivity index (χ2n) is 9.16. The van der Waals surface area contributed by atoms with E-state index < -0.39 is 22.5 Å². The first kappa shape index (κ1) is 31.5. The predicted octanol–water partition coefficient (Wildman–Crippen LogP) is 6.87. The van der Waals surface area contributed by atoms with Crippen molar-refractivity contribution in [1.29, 1.82) is 0 Å². The minimum Gasteiger partial charge on any atom is -0.494 e. The van der Waals surface area contributed by atoms with Crippen molar-refractivity contribution in [2.24, 2.45) is 5.10 Å². The lowest BCUT2D eigenvalue weighted by molar-refractivity contribution is -0.119. The van der Waals surface area contributed by atoms with E-state index in [9.17, 15) is 13.2 Å². The Morgan fingerprint density at radius 3 is 2.38 bits per heavy atom. The Kier molecular flexibility index (Phi) is 10.3. The molecule has 42 heavy (non-hydrogen) atoms. The molecular formula is C30H30Cl2N4O4S2. The SMILES string of the molecule is CCOc1ccc(N(CC(=O)N/N=C\c2cc(C)n(-c3cc(Cl)ccc3Cl)c2C)S(=O)(=O)c2ccc(SC)cc2)cc1. The molecule has 0 saturated carbocycles. The van der Waals surface area contributed by atoms with Crippen molar-refractivity contribution in [3.05, 3.63) is 99.8 Å². The molecule has 3 aromatic carbocycles. The normalized spacial score (nSPS) is 11.6. The highest BCUT2D eigenvalue weighted by Crippen LogP contribution is 2.29. The number of nitrogens with zero attached hydrogens (tertiary/aromatic N) is 3. The monoisotopic (exact) mass is 644 g/mol. The first-order valence-corrected chi connectivity index (χ1v) is 16.3. The highest BCUT2D eigenvalue weighted by molar-refractivity contribution is 7.98. The number of thioether (sulfide) groups is 1. The van der Waals surface area contributed by atoms with Gasteiger partial charge in [-0.3, -0.25) is 9.10 Å². The van der Waals surface area contributed by atoms with Crippen LogP contribution in [0.1, 0.15) is 23.9 Å². The summed E-state index contributed by atoms with van der Waals surface area (Å²) in [6.45, 7) is 5.66. The molecule has 0 saturated heterocycles. The Bertz CT molecular complexity index is 1700. The van der Waals surface area contributed by atoms with Crippen molar-refractivity contribution in [3.8, 4) is 11.4 Å². The molecule has 0 aliphatic heterocycles. The number of amides is 1. The van der Waals surface area contributed by atoms with E-state index in [1.54, 1.807) is 54.6 Å². The molecule has 220 valence electrons. The number of nitrogens with one attached hydrogen (secondary N) is 1. The summed E-state index contributed by atoms with van der Waals surface area (Å²) in [6, 6.07) is 20.2. The van der Waals surface area contributed by atoms with Crippen LogP contribution in [0.3, 0.4) is 0 Å². The van der Waals surface area contributed by atoms with Crippen LogP contribution in [-0.2, 0) is 14.8 Å².